The number of fused-ring (bicyclic) bond motifs is 1. The third-order valence-electron chi connectivity index (χ3n) is 6.86. The van der Waals surface area contributed by atoms with Gasteiger partial charge >= 0.3 is 0 Å². The minimum absolute atomic E-state index is 0.0236. The number of likely N-dealkylation sites (tertiary alicyclic amines) is 1. The van der Waals surface area contributed by atoms with Gasteiger partial charge in [0.1, 0.15) is 18.0 Å². The van der Waals surface area contributed by atoms with Crippen LogP contribution in [0.5, 0.6) is 5.75 Å². The van der Waals surface area contributed by atoms with Gasteiger partial charge in [0, 0.05) is 60.9 Å². The molecule has 0 atom stereocenters. The molecule has 6 rings (SSSR count). The van der Waals surface area contributed by atoms with Crippen LogP contribution in [-0.2, 0) is 9.47 Å². The van der Waals surface area contributed by atoms with Crippen LogP contribution < -0.4 is 4.74 Å². The summed E-state index contributed by atoms with van der Waals surface area (Å²) in [6.45, 7) is 3.62. The number of nitrogens with one attached hydrogen (secondary N) is 1. The zero-order valence-electron chi connectivity index (χ0n) is 19.8. The zero-order chi connectivity index (χ0) is 24.7. The lowest BCUT2D eigenvalue weighted by molar-refractivity contribution is 0.000363. The van der Waals surface area contributed by atoms with Gasteiger partial charge in [-0.15, -0.1) is 0 Å². The normalized spacial score (nSPS) is 16.6. The van der Waals surface area contributed by atoms with Crippen molar-refractivity contribution in [3.63, 3.8) is 0 Å². The Morgan fingerprint density at radius 1 is 1.19 bits per heavy atom. The van der Waals surface area contributed by atoms with E-state index in [2.05, 4.69) is 15.4 Å². The van der Waals surface area contributed by atoms with Crippen molar-refractivity contribution >= 4 is 16.8 Å². The molecule has 0 bridgehead atoms. The Morgan fingerprint density at radius 3 is 2.78 bits per heavy atom. The van der Waals surface area contributed by atoms with E-state index < -0.39 is 5.82 Å². The molecule has 2 saturated heterocycles. The minimum atomic E-state index is -0.505. The number of hydrogen-bond acceptors (Lipinski definition) is 7. The van der Waals surface area contributed by atoms with Gasteiger partial charge in [0.25, 0.3) is 5.91 Å². The van der Waals surface area contributed by atoms with Crippen molar-refractivity contribution in [1.29, 1.82) is 0 Å². The molecule has 10 heteroatoms. The highest BCUT2D eigenvalue weighted by atomic mass is 19.1. The van der Waals surface area contributed by atoms with Gasteiger partial charge in [-0.2, -0.15) is 5.10 Å². The van der Waals surface area contributed by atoms with Crippen LogP contribution in [0.3, 0.4) is 0 Å². The predicted molar refractivity (Wildman–Crippen MR) is 128 cm³/mol. The summed E-state index contributed by atoms with van der Waals surface area (Å²) < 4.78 is 36.0. The fourth-order valence-electron chi connectivity index (χ4n) is 4.85. The fraction of sp³-hybridized carbons (Fsp3) is 0.346. The quantitative estimate of drug-likeness (QED) is 0.390. The molecule has 2 aromatic heterocycles. The van der Waals surface area contributed by atoms with Crippen LogP contribution in [-0.4, -0.2) is 72.8 Å². The Kier molecular flexibility index (Phi) is 5.69. The Hall–Kier alpha value is -3.76. The molecule has 0 radical (unpaired) electrons. The topological polar surface area (TPSA) is 103 Å². The van der Waals surface area contributed by atoms with E-state index in [0.29, 0.717) is 40.2 Å². The molecule has 0 aliphatic carbocycles. The third kappa shape index (κ3) is 4.02. The molecule has 4 heterocycles. The van der Waals surface area contributed by atoms with Gasteiger partial charge in [-0.3, -0.25) is 9.89 Å². The summed E-state index contributed by atoms with van der Waals surface area (Å²) in [7, 11) is 1.55. The van der Waals surface area contributed by atoms with Gasteiger partial charge in [0.05, 0.1) is 18.7 Å². The van der Waals surface area contributed by atoms with Crippen LogP contribution in [0.15, 0.2) is 47.0 Å². The van der Waals surface area contributed by atoms with E-state index in [9.17, 15) is 9.18 Å². The van der Waals surface area contributed by atoms with Crippen LogP contribution in [0.1, 0.15) is 16.8 Å². The van der Waals surface area contributed by atoms with Crippen molar-refractivity contribution in [3.05, 3.63) is 53.8 Å². The second-order valence-corrected chi connectivity index (χ2v) is 9.36. The summed E-state index contributed by atoms with van der Waals surface area (Å²) in [5, 5.41) is 11.9. The number of nitrogens with zero attached hydrogens (tertiary/aromatic N) is 3. The van der Waals surface area contributed by atoms with E-state index in [0.717, 1.165) is 38.3 Å². The molecule has 2 aromatic carbocycles. The highest BCUT2D eigenvalue weighted by Gasteiger charge is 2.47. The Bertz CT molecular complexity index is 1400. The summed E-state index contributed by atoms with van der Waals surface area (Å²) in [6, 6.07) is 11.9. The lowest BCUT2D eigenvalue weighted by Crippen LogP contribution is -2.58. The van der Waals surface area contributed by atoms with Gasteiger partial charge in [0.15, 0.2) is 17.3 Å². The number of benzene rings is 2. The first-order chi connectivity index (χ1) is 17.5. The van der Waals surface area contributed by atoms with Crippen molar-refractivity contribution in [2.45, 2.75) is 6.42 Å². The van der Waals surface area contributed by atoms with Gasteiger partial charge in [0.2, 0.25) is 0 Å². The minimum Gasteiger partial charge on any atom is -0.488 e. The second kappa shape index (κ2) is 9.03. The number of H-pyrrole nitrogens is 1. The van der Waals surface area contributed by atoms with E-state index in [1.54, 1.807) is 31.4 Å². The number of aromatic amines is 1. The van der Waals surface area contributed by atoms with E-state index in [-0.39, 0.29) is 23.7 Å². The molecule has 1 spiro atoms. The highest BCUT2D eigenvalue weighted by Crippen LogP contribution is 2.39. The smallest absolute Gasteiger partial charge is 0.253 e. The fourth-order valence-corrected chi connectivity index (χ4v) is 4.85. The lowest BCUT2D eigenvalue weighted by Gasteiger charge is -2.47. The molecule has 0 unspecified atom stereocenters. The predicted octanol–water partition coefficient (Wildman–Crippen LogP) is 3.91. The zero-order valence-corrected chi connectivity index (χ0v) is 19.8. The maximum atomic E-state index is 14.6. The summed E-state index contributed by atoms with van der Waals surface area (Å²) >= 11 is 0. The van der Waals surface area contributed by atoms with Crippen molar-refractivity contribution < 1.29 is 27.9 Å². The number of ether oxygens (including phenoxy) is 3. The van der Waals surface area contributed by atoms with Crippen LogP contribution in [0, 0.1) is 11.2 Å². The summed E-state index contributed by atoms with van der Waals surface area (Å²) in [5.41, 5.74) is 3.23. The molecule has 2 fully saturated rings. The molecule has 2 aliphatic rings. The van der Waals surface area contributed by atoms with Gasteiger partial charge in [-0.25, -0.2) is 4.39 Å². The Balaban J connectivity index is 1.17. The number of carbonyl (C=O) groups excluding carboxylic acids is 1. The van der Waals surface area contributed by atoms with Crippen molar-refractivity contribution in [3.8, 4) is 28.5 Å². The monoisotopic (exact) mass is 492 g/mol. The number of amides is 1. The van der Waals surface area contributed by atoms with Crippen LogP contribution in [0.25, 0.3) is 33.6 Å². The molecular weight excluding hydrogens is 467 g/mol. The number of rotatable bonds is 7. The highest BCUT2D eigenvalue weighted by molar-refractivity contribution is 5.95. The second-order valence-electron chi connectivity index (χ2n) is 9.36. The van der Waals surface area contributed by atoms with Crippen LogP contribution in [0.4, 0.5) is 4.39 Å². The Labute approximate surface area is 206 Å². The molecule has 9 nitrogen and oxygen atoms in total. The van der Waals surface area contributed by atoms with E-state index >= 15 is 0 Å². The van der Waals surface area contributed by atoms with Gasteiger partial charge in [-0.1, -0.05) is 17.3 Å². The molecule has 36 heavy (non-hydrogen) atoms. The van der Waals surface area contributed by atoms with Gasteiger partial charge in [-0.05, 0) is 24.6 Å². The van der Waals surface area contributed by atoms with Crippen molar-refractivity contribution in [2.75, 3.05) is 46.6 Å². The van der Waals surface area contributed by atoms with E-state index in [1.807, 2.05) is 17.0 Å². The third-order valence-corrected chi connectivity index (χ3v) is 6.86. The average molecular weight is 493 g/mol. The number of halogens is 1. The van der Waals surface area contributed by atoms with E-state index in [4.69, 9.17) is 18.7 Å². The standard InChI is InChI=1S/C26H25FN4O5/c1-33-8-9-35-22-12-21-18(10-19(22)27)24(29-28-21)23-11-20(30-36-23)16-2-4-17(5-3-16)25(32)31-13-26(14-31)6-7-34-15-26/h2-5,10-12H,6-9,13-15H2,1H3,(H,28,29). The molecule has 1 N–H and O–H groups in total. The number of methoxy groups -OCH3 is 1. The molecular formula is C26H25FN4O5. The first kappa shape index (κ1) is 22.7. The molecule has 2 aliphatic heterocycles. The number of carbonyl (C=O) groups is 1. The maximum Gasteiger partial charge on any atom is 0.253 e. The van der Waals surface area contributed by atoms with Crippen molar-refractivity contribution in [1.82, 2.24) is 20.3 Å². The summed E-state index contributed by atoms with van der Waals surface area (Å²) in [5.74, 6) is 0.0338. The van der Waals surface area contributed by atoms with Gasteiger partial charge < -0.3 is 23.6 Å². The SMILES string of the molecule is COCCOc1cc2[nH]nc(-c3cc(-c4ccc(C(=O)N5CC6(CCOC6)C5)cc4)no3)c2cc1F. The summed E-state index contributed by atoms with van der Waals surface area (Å²) in [4.78, 5) is 14.7. The lowest BCUT2D eigenvalue weighted by atomic mass is 9.79. The van der Waals surface area contributed by atoms with Crippen LogP contribution >= 0.6 is 0 Å². The first-order valence-corrected chi connectivity index (χ1v) is 11.8. The molecule has 0 saturated carbocycles. The molecule has 186 valence electrons. The number of aromatic nitrogens is 3. The molecule has 1 amide bonds. The Morgan fingerprint density at radius 2 is 2.03 bits per heavy atom. The molecule has 4 aromatic rings. The first-order valence-electron chi connectivity index (χ1n) is 11.8. The van der Waals surface area contributed by atoms with Crippen LogP contribution in [0.2, 0.25) is 0 Å². The average Bonchev–Trinajstić information content (AvgIpc) is 3.62. The largest absolute Gasteiger partial charge is 0.488 e. The van der Waals surface area contributed by atoms with Crippen molar-refractivity contribution in [2.24, 2.45) is 5.41 Å². The van der Waals surface area contributed by atoms with E-state index in [1.165, 1.54) is 6.07 Å². The summed E-state index contributed by atoms with van der Waals surface area (Å²) in [6.07, 6.45) is 1.02. The number of hydrogen-bond donors (Lipinski definition) is 1. The maximum absolute atomic E-state index is 14.6.